The Balaban J connectivity index is 1.79. The largest absolute Gasteiger partial charge is 0.342 e. The molecule has 1 N–H and O–H groups in total. The molecule has 19 heavy (non-hydrogen) atoms. The molecule has 4 nitrogen and oxygen atoms in total. The van der Waals surface area contributed by atoms with Crippen molar-refractivity contribution in [1.29, 1.82) is 0 Å². The normalized spacial score (nSPS) is 26.5. The van der Waals surface area contributed by atoms with Gasteiger partial charge in [-0.05, 0) is 32.3 Å². The summed E-state index contributed by atoms with van der Waals surface area (Å²) in [5.74, 6) is 0.114. The van der Waals surface area contributed by atoms with Crippen molar-refractivity contribution in [2.75, 3.05) is 13.1 Å². The number of aryl methyl sites for hydroxylation is 1. The van der Waals surface area contributed by atoms with Crippen LogP contribution < -0.4 is 5.32 Å². The van der Waals surface area contributed by atoms with Gasteiger partial charge in [0.25, 0.3) is 5.91 Å². The van der Waals surface area contributed by atoms with Gasteiger partial charge in [0.1, 0.15) is 5.69 Å². The van der Waals surface area contributed by atoms with E-state index >= 15 is 0 Å². The maximum atomic E-state index is 12.6. The molecule has 3 rings (SSSR count). The molecule has 0 radical (unpaired) electrons. The van der Waals surface area contributed by atoms with Crippen LogP contribution in [0.2, 0.25) is 5.02 Å². The van der Waals surface area contributed by atoms with E-state index in [1.165, 1.54) is 12.8 Å². The number of nitrogens with one attached hydrogen (secondary N) is 1. The summed E-state index contributed by atoms with van der Waals surface area (Å²) < 4.78 is 1.93. The molecule has 2 atom stereocenters. The number of amides is 1. The second-order valence-electron chi connectivity index (χ2n) is 5.51. The van der Waals surface area contributed by atoms with Crippen molar-refractivity contribution >= 4 is 17.5 Å². The van der Waals surface area contributed by atoms with Crippen LogP contribution in [-0.2, 0) is 6.54 Å². The van der Waals surface area contributed by atoms with Crippen molar-refractivity contribution in [2.24, 2.45) is 0 Å². The zero-order valence-corrected chi connectivity index (χ0v) is 12.0. The van der Waals surface area contributed by atoms with E-state index in [4.69, 9.17) is 11.6 Å². The molecular formula is C14H20ClN3O. The molecule has 3 heterocycles. The van der Waals surface area contributed by atoms with Gasteiger partial charge in [0.15, 0.2) is 0 Å². The first-order valence-corrected chi connectivity index (χ1v) is 7.46. The number of likely N-dealkylation sites (tertiary alicyclic amines) is 1. The van der Waals surface area contributed by atoms with Gasteiger partial charge in [-0.25, -0.2) is 0 Å². The topological polar surface area (TPSA) is 37.3 Å². The number of hydrogen-bond donors (Lipinski definition) is 1. The van der Waals surface area contributed by atoms with Gasteiger partial charge in [-0.3, -0.25) is 4.79 Å². The van der Waals surface area contributed by atoms with Crippen LogP contribution in [0, 0.1) is 0 Å². The van der Waals surface area contributed by atoms with Gasteiger partial charge >= 0.3 is 0 Å². The summed E-state index contributed by atoms with van der Waals surface area (Å²) >= 11 is 6.02. The number of carbonyl (C=O) groups is 1. The van der Waals surface area contributed by atoms with Gasteiger partial charge in [-0.1, -0.05) is 11.6 Å². The molecule has 1 amide bonds. The summed E-state index contributed by atoms with van der Waals surface area (Å²) in [6.45, 7) is 4.46. The standard InChI is InChI=1S/C14H20ClN3O/c1-2-17-8-10(15)7-13(17)14(19)18-6-5-11-3-4-12(9-18)16-11/h7-8,11-12,16H,2-6,9H2,1H3. The van der Waals surface area contributed by atoms with Gasteiger partial charge in [-0.15, -0.1) is 0 Å². The van der Waals surface area contributed by atoms with E-state index in [9.17, 15) is 4.79 Å². The van der Waals surface area contributed by atoms with Crippen LogP contribution >= 0.6 is 11.6 Å². The van der Waals surface area contributed by atoms with Gasteiger partial charge in [0.2, 0.25) is 0 Å². The van der Waals surface area contributed by atoms with Crippen molar-refractivity contribution in [3.8, 4) is 0 Å². The van der Waals surface area contributed by atoms with Gasteiger partial charge in [0.05, 0.1) is 5.02 Å². The summed E-state index contributed by atoms with van der Waals surface area (Å²) in [7, 11) is 0. The number of rotatable bonds is 2. The third-order valence-corrected chi connectivity index (χ3v) is 4.44. The highest BCUT2D eigenvalue weighted by molar-refractivity contribution is 6.31. The summed E-state index contributed by atoms with van der Waals surface area (Å²) in [5, 5.41) is 4.23. The molecular weight excluding hydrogens is 262 g/mol. The number of fused-ring (bicyclic) bond motifs is 2. The molecule has 1 aromatic rings. The quantitative estimate of drug-likeness (QED) is 0.902. The van der Waals surface area contributed by atoms with E-state index in [0.29, 0.717) is 22.8 Å². The fourth-order valence-electron chi connectivity index (χ4n) is 3.20. The molecule has 0 spiro atoms. The molecule has 2 unspecified atom stereocenters. The minimum absolute atomic E-state index is 0.114. The molecule has 2 aliphatic heterocycles. The maximum Gasteiger partial charge on any atom is 0.270 e. The number of hydrogen-bond acceptors (Lipinski definition) is 2. The first kappa shape index (κ1) is 13.0. The van der Waals surface area contributed by atoms with Crippen molar-refractivity contribution in [3.05, 3.63) is 23.0 Å². The summed E-state index contributed by atoms with van der Waals surface area (Å²) in [4.78, 5) is 14.6. The molecule has 104 valence electrons. The van der Waals surface area contributed by atoms with E-state index in [0.717, 1.165) is 26.1 Å². The van der Waals surface area contributed by atoms with Gasteiger partial charge in [0, 0.05) is 37.9 Å². The van der Waals surface area contributed by atoms with Crippen LogP contribution in [0.15, 0.2) is 12.3 Å². The Labute approximate surface area is 118 Å². The average molecular weight is 282 g/mol. The zero-order chi connectivity index (χ0) is 13.4. The van der Waals surface area contributed by atoms with Crippen LogP contribution in [0.1, 0.15) is 36.7 Å². The molecule has 0 aromatic carbocycles. The van der Waals surface area contributed by atoms with Crippen LogP contribution in [0.4, 0.5) is 0 Å². The third kappa shape index (κ3) is 2.51. The number of nitrogens with zero attached hydrogens (tertiary/aromatic N) is 2. The predicted octanol–water partition coefficient (Wildman–Crippen LogP) is 2.13. The molecule has 2 bridgehead atoms. The smallest absolute Gasteiger partial charge is 0.270 e. The van der Waals surface area contributed by atoms with Crippen LogP contribution in [0.5, 0.6) is 0 Å². The highest BCUT2D eigenvalue weighted by atomic mass is 35.5. The molecule has 2 aliphatic rings. The first-order chi connectivity index (χ1) is 9.17. The average Bonchev–Trinajstić information content (AvgIpc) is 2.91. The molecule has 2 fully saturated rings. The minimum atomic E-state index is 0.114. The van der Waals surface area contributed by atoms with E-state index in [-0.39, 0.29) is 5.91 Å². The highest BCUT2D eigenvalue weighted by Gasteiger charge is 2.32. The number of aromatic nitrogens is 1. The Hall–Kier alpha value is -1.00. The first-order valence-electron chi connectivity index (χ1n) is 7.08. The van der Waals surface area contributed by atoms with Crippen LogP contribution in [-0.4, -0.2) is 40.5 Å². The Kier molecular flexibility index (Phi) is 3.54. The van der Waals surface area contributed by atoms with Crippen molar-refractivity contribution < 1.29 is 4.79 Å². The van der Waals surface area contributed by atoms with E-state index in [1.54, 1.807) is 6.07 Å². The summed E-state index contributed by atoms with van der Waals surface area (Å²) in [5.41, 5.74) is 0.713. The SMILES string of the molecule is CCn1cc(Cl)cc1C(=O)N1CCC2CCC(C1)N2. The molecule has 5 heteroatoms. The van der Waals surface area contributed by atoms with E-state index in [1.807, 2.05) is 22.6 Å². The van der Waals surface area contributed by atoms with E-state index in [2.05, 4.69) is 5.32 Å². The Morgan fingerprint density at radius 2 is 2.21 bits per heavy atom. The van der Waals surface area contributed by atoms with Crippen molar-refractivity contribution in [2.45, 2.75) is 44.8 Å². The van der Waals surface area contributed by atoms with Crippen molar-refractivity contribution in [1.82, 2.24) is 14.8 Å². The molecule has 0 aliphatic carbocycles. The Bertz CT molecular complexity index is 485. The van der Waals surface area contributed by atoms with Gasteiger partial charge in [-0.2, -0.15) is 0 Å². The Morgan fingerprint density at radius 1 is 1.42 bits per heavy atom. The monoisotopic (exact) mass is 281 g/mol. The lowest BCUT2D eigenvalue weighted by atomic mass is 10.1. The fraction of sp³-hybridized carbons (Fsp3) is 0.643. The predicted molar refractivity (Wildman–Crippen MR) is 75.6 cm³/mol. The number of carbonyl (C=O) groups excluding carboxylic acids is 1. The van der Waals surface area contributed by atoms with E-state index < -0.39 is 0 Å². The number of halogens is 1. The Morgan fingerprint density at radius 3 is 3.00 bits per heavy atom. The van der Waals surface area contributed by atoms with Crippen LogP contribution in [0.25, 0.3) is 0 Å². The second kappa shape index (κ2) is 5.17. The maximum absolute atomic E-state index is 12.6. The van der Waals surface area contributed by atoms with Gasteiger partial charge < -0.3 is 14.8 Å². The summed E-state index contributed by atoms with van der Waals surface area (Å²) in [6, 6.07) is 2.85. The fourth-order valence-corrected chi connectivity index (χ4v) is 3.43. The van der Waals surface area contributed by atoms with Crippen LogP contribution in [0.3, 0.4) is 0 Å². The lowest BCUT2D eigenvalue weighted by Crippen LogP contribution is -2.39. The highest BCUT2D eigenvalue weighted by Crippen LogP contribution is 2.23. The van der Waals surface area contributed by atoms with Crippen molar-refractivity contribution in [3.63, 3.8) is 0 Å². The molecule has 0 saturated carbocycles. The zero-order valence-electron chi connectivity index (χ0n) is 11.2. The molecule has 2 saturated heterocycles. The second-order valence-corrected chi connectivity index (χ2v) is 5.94. The minimum Gasteiger partial charge on any atom is -0.342 e. The third-order valence-electron chi connectivity index (χ3n) is 4.23. The summed E-state index contributed by atoms with van der Waals surface area (Å²) in [6.07, 6.45) is 5.33. The lowest BCUT2D eigenvalue weighted by molar-refractivity contribution is 0.0737. The molecule has 1 aromatic heterocycles. The lowest BCUT2D eigenvalue weighted by Gasteiger charge is -2.24.